The Labute approximate surface area is 63.9 Å². The van der Waals surface area contributed by atoms with Crippen LogP contribution >= 0.6 is 11.3 Å². The van der Waals surface area contributed by atoms with E-state index in [0.29, 0.717) is 0 Å². The molecule has 10 heavy (non-hydrogen) atoms. The minimum Gasteiger partial charge on any atom is -0.324 e. The molecule has 0 unspecified atom stereocenters. The highest BCUT2D eigenvalue weighted by atomic mass is 32.1. The van der Waals surface area contributed by atoms with Crippen molar-refractivity contribution in [2.75, 3.05) is 0 Å². The Balaban J connectivity index is 2.91. The van der Waals surface area contributed by atoms with Gasteiger partial charge in [0.1, 0.15) is 10.9 Å². The number of nitrogens with zero attached hydrogens (tertiary/aromatic N) is 1. The van der Waals surface area contributed by atoms with Crippen LogP contribution in [-0.4, -0.2) is 0 Å². The molecule has 0 aliphatic heterocycles. The molecule has 0 saturated heterocycles. The number of thiophene rings is 1. The molecule has 0 aliphatic carbocycles. The lowest BCUT2D eigenvalue weighted by Gasteiger charge is -1.96. The average molecular weight is 152 g/mol. The van der Waals surface area contributed by atoms with E-state index in [9.17, 15) is 0 Å². The number of hydrogen-bond acceptors (Lipinski definition) is 3. The molecule has 0 aromatic carbocycles. The zero-order valence-electron chi connectivity index (χ0n) is 5.66. The van der Waals surface area contributed by atoms with Gasteiger partial charge in [-0.25, -0.2) is 0 Å². The third kappa shape index (κ3) is 1.35. The molecule has 0 fully saturated rings. The van der Waals surface area contributed by atoms with Crippen LogP contribution in [0.25, 0.3) is 0 Å². The van der Waals surface area contributed by atoms with E-state index >= 15 is 0 Å². The van der Waals surface area contributed by atoms with Crippen molar-refractivity contribution >= 4 is 11.3 Å². The lowest BCUT2D eigenvalue weighted by Crippen LogP contribution is -2.01. The maximum absolute atomic E-state index is 8.45. The fraction of sp³-hybridized carbons (Fsp3) is 0.286. The Morgan fingerprint density at radius 2 is 2.40 bits per heavy atom. The molecule has 1 atom stereocenters. The van der Waals surface area contributed by atoms with Gasteiger partial charge < -0.3 is 5.73 Å². The smallest absolute Gasteiger partial charge is 0.110 e. The number of nitrogens with two attached hydrogens (primary N) is 1. The highest BCUT2D eigenvalue weighted by molar-refractivity contribution is 7.12. The van der Waals surface area contributed by atoms with Crippen molar-refractivity contribution in [2.45, 2.75) is 13.0 Å². The van der Waals surface area contributed by atoms with Crippen molar-refractivity contribution in [3.63, 3.8) is 0 Å². The van der Waals surface area contributed by atoms with E-state index in [1.54, 1.807) is 6.07 Å². The summed E-state index contributed by atoms with van der Waals surface area (Å²) >= 11 is 1.45. The highest BCUT2D eigenvalue weighted by Crippen LogP contribution is 2.20. The minimum absolute atomic E-state index is 0.0482. The van der Waals surface area contributed by atoms with E-state index in [1.165, 1.54) is 11.3 Å². The Hall–Kier alpha value is -0.850. The van der Waals surface area contributed by atoms with Crippen LogP contribution < -0.4 is 5.73 Å². The number of rotatable bonds is 1. The SMILES string of the molecule is C[C@H](N)c1ccc(C#N)s1. The zero-order valence-corrected chi connectivity index (χ0v) is 6.48. The summed E-state index contributed by atoms with van der Waals surface area (Å²) in [5, 5.41) is 8.45. The maximum Gasteiger partial charge on any atom is 0.110 e. The summed E-state index contributed by atoms with van der Waals surface area (Å²) in [6.45, 7) is 1.91. The van der Waals surface area contributed by atoms with Gasteiger partial charge in [0.25, 0.3) is 0 Å². The van der Waals surface area contributed by atoms with Crippen LogP contribution in [0, 0.1) is 11.3 Å². The molecular weight excluding hydrogens is 144 g/mol. The molecular formula is C7H8N2S. The van der Waals surface area contributed by atoms with Gasteiger partial charge in [0.2, 0.25) is 0 Å². The number of hydrogen-bond donors (Lipinski definition) is 1. The molecule has 1 heterocycles. The van der Waals surface area contributed by atoms with E-state index in [2.05, 4.69) is 6.07 Å². The number of nitriles is 1. The third-order valence-electron chi connectivity index (χ3n) is 1.19. The van der Waals surface area contributed by atoms with Crippen molar-refractivity contribution in [1.82, 2.24) is 0 Å². The van der Waals surface area contributed by atoms with Crippen molar-refractivity contribution in [3.8, 4) is 6.07 Å². The topological polar surface area (TPSA) is 49.8 Å². The molecule has 0 bridgehead atoms. The van der Waals surface area contributed by atoms with E-state index in [-0.39, 0.29) is 6.04 Å². The molecule has 0 amide bonds. The molecule has 0 spiro atoms. The van der Waals surface area contributed by atoms with Crippen molar-refractivity contribution in [3.05, 3.63) is 21.9 Å². The monoisotopic (exact) mass is 152 g/mol. The molecule has 0 saturated carbocycles. The fourth-order valence-corrected chi connectivity index (χ4v) is 1.42. The molecule has 1 aromatic heterocycles. The quantitative estimate of drug-likeness (QED) is 0.665. The van der Waals surface area contributed by atoms with Crippen LogP contribution in [0.4, 0.5) is 0 Å². The van der Waals surface area contributed by atoms with Crippen LogP contribution in [0.5, 0.6) is 0 Å². The molecule has 0 radical (unpaired) electrons. The van der Waals surface area contributed by atoms with Crippen molar-refractivity contribution in [2.24, 2.45) is 5.73 Å². The van der Waals surface area contributed by atoms with Gasteiger partial charge >= 0.3 is 0 Å². The summed E-state index contributed by atoms with van der Waals surface area (Å²) in [5.74, 6) is 0. The molecule has 3 heteroatoms. The lowest BCUT2D eigenvalue weighted by atomic mass is 10.3. The zero-order chi connectivity index (χ0) is 7.56. The van der Waals surface area contributed by atoms with Gasteiger partial charge in [0.15, 0.2) is 0 Å². The second-order valence-corrected chi connectivity index (χ2v) is 3.22. The lowest BCUT2D eigenvalue weighted by molar-refractivity contribution is 0.838. The van der Waals surface area contributed by atoms with Crippen LogP contribution in [0.1, 0.15) is 22.7 Å². The summed E-state index contributed by atoms with van der Waals surface area (Å²) in [6.07, 6.45) is 0. The van der Waals surface area contributed by atoms with Gasteiger partial charge in [-0.05, 0) is 19.1 Å². The van der Waals surface area contributed by atoms with E-state index in [4.69, 9.17) is 11.0 Å². The average Bonchev–Trinajstić information content (AvgIpc) is 2.34. The summed E-state index contributed by atoms with van der Waals surface area (Å²) < 4.78 is 0. The summed E-state index contributed by atoms with van der Waals surface area (Å²) in [5.41, 5.74) is 5.58. The molecule has 1 rings (SSSR count). The third-order valence-corrected chi connectivity index (χ3v) is 2.38. The van der Waals surface area contributed by atoms with Crippen LogP contribution in [0.15, 0.2) is 12.1 Å². The molecule has 1 aromatic rings. The Morgan fingerprint density at radius 3 is 2.70 bits per heavy atom. The standard InChI is InChI=1S/C7H8N2S/c1-5(9)7-3-2-6(4-8)10-7/h2-3,5H,9H2,1H3/t5-/m0/s1. The van der Waals surface area contributed by atoms with Crippen molar-refractivity contribution in [1.29, 1.82) is 5.26 Å². The van der Waals surface area contributed by atoms with Crippen molar-refractivity contribution < 1.29 is 0 Å². The summed E-state index contributed by atoms with van der Waals surface area (Å²) in [4.78, 5) is 1.80. The molecule has 0 aliphatic rings. The van der Waals surface area contributed by atoms with E-state index in [1.807, 2.05) is 13.0 Å². The van der Waals surface area contributed by atoms with Gasteiger partial charge in [-0.15, -0.1) is 11.3 Å². The molecule has 52 valence electrons. The van der Waals surface area contributed by atoms with Gasteiger partial charge in [-0.1, -0.05) is 0 Å². The normalized spacial score (nSPS) is 12.5. The largest absolute Gasteiger partial charge is 0.324 e. The highest BCUT2D eigenvalue weighted by Gasteiger charge is 2.01. The minimum atomic E-state index is 0.0482. The molecule has 2 nitrogen and oxygen atoms in total. The summed E-state index contributed by atoms with van der Waals surface area (Å²) in [7, 11) is 0. The van der Waals surface area contributed by atoms with Gasteiger partial charge in [-0.3, -0.25) is 0 Å². The van der Waals surface area contributed by atoms with Crippen LogP contribution in [0.3, 0.4) is 0 Å². The van der Waals surface area contributed by atoms with Gasteiger partial charge in [-0.2, -0.15) is 5.26 Å². The van der Waals surface area contributed by atoms with E-state index in [0.717, 1.165) is 9.75 Å². The first kappa shape index (κ1) is 7.26. The second kappa shape index (κ2) is 2.82. The Morgan fingerprint density at radius 1 is 1.70 bits per heavy atom. The predicted molar refractivity (Wildman–Crippen MR) is 41.6 cm³/mol. The first-order valence-electron chi connectivity index (χ1n) is 2.99. The first-order chi connectivity index (χ1) is 4.74. The van der Waals surface area contributed by atoms with Crippen LogP contribution in [0.2, 0.25) is 0 Å². The Bertz CT molecular complexity index is 257. The van der Waals surface area contributed by atoms with Gasteiger partial charge in [0, 0.05) is 10.9 Å². The molecule has 2 N–H and O–H groups in total. The fourth-order valence-electron chi connectivity index (χ4n) is 0.658. The first-order valence-corrected chi connectivity index (χ1v) is 3.81. The van der Waals surface area contributed by atoms with Gasteiger partial charge in [0.05, 0.1) is 0 Å². The van der Waals surface area contributed by atoms with Crippen LogP contribution in [-0.2, 0) is 0 Å². The second-order valence-electron chi connectivity index (χ2n) is 2.10. The Kier molecular flexibility index (Phi) is 2.05. The maximum atomic E-state index is 8.45. The summed E-state index contributed by atoms with van der Waals surface area (Å²) in [6, 6.07) is 5.81. The predicted octanol–water partition coefficient (Wildman–Crippen LogP) is 1.64. The van der Waals surface area contributed by atoms with E-state index < -0.39 is 0 Å².